The summed E-state index contributed by atoms with van der Waals surface area (Å²) in [7, 11) is -9.58. The van der Waals surface area contributed by atoms with Crippen molar-refractivity contribution in [1.82, 2.24) is 0 Å². The quantitative estimate of drug-likeness (QED) is 0.138. The van der Waals surface area contributed by atoms with Crippen molar-refractivity contribution in [3.8, 4) is 84.0 Å². The van der Waals surface area contributed by atoms with E-state index in [2.05, 4.69) is 224 Å². The maximum absolute atomic E-state index is 14.7. The molecule has 13 aromatic carbocycles. The zero-order chi connectivity index (χ0) is 65.2. The first-order valence-electron chi connectivity index (χ1n) is 32.3. The van der Waals surface area contributed by atoms with Gasteiger partial charge < -0.3 is 18.1 Å². The first-order valence-corrected chi connectivity index (χ1v) is 35.3. The third-order valence-electron chi connectivity index (χ3n) is 19.7. The van der Waals surface area contributed by atoms with Crippen LogP contribution in [-0.4, -0.2) is 9.79 Å². The first-order chi connectivity index (χ1) is 45.8. The summed E-state index contributed by atoms with van der Waals surface area (Å²) in [6.45, 7) is 13.2. The summed E-state index contributed by atoms with van der Waals surface area (Å²) in [5.74, 6) is 1.28. The molecule has 8 nitrogen and oxygen atoms in total. The molecule has 13 aromatic rings. The fraction of sp³-hybridized carbons (Fsp3) is 0.129. The molecule has 2 heterocycles. The van der Waals surface area contributed by atoms with Gasteiger partial charge in [-0.05, 0) is 153 Å². The zero-order valence-corrected chi connectivity index (χ0v) is 55.3. The van der Waals surface area contributed by atoms with Crippen LogP contribution in [0.3, 0.4) is 0 Å². The smallest absolute Gasteiger partial charge is 0.398 e. The maximum atomic E-state index is 14.7. The van der Waals surface area contributed by atoms with Gasteiger partial charge in [-0.15, -0.1) is 0 Å². The van der Waals surface area contributed by atoms with E-state index in [0.29, 0.717) is 57.1 Å². The van der Waals surface area contributed by atoms with Gasteiger partial charge in [0, 0.05) is 39.0 Å². The van der Waals surface area contributed by atoms with Crippen molar-refractivity contribution in [2.24, 2.45) is 0 Å². The van der Waals surface area contributed by atoms with Crippen LogP contribution in [0.15, 0.2) is 273 Å². The minimum absolute atomic E-state index is 0.0648. The molecule has 0 saturated heterocycles. The van der Waals surface area contributed by atoms with Gasteiger partial charge in [-0.2, -0.15) is 0 Å². The number of hydrogen-bond acceptors (Lipinski definition) is 6. The average molecular weight is 1280 g/mol. The lowest BCUT2D eigenvalue weighted by Crippen LogP contribution is -2.33. The Bertz CT molecular complexity index is 5400. The number of benzene rings is 13. The van der Waals surface area contributed by atoms with Gasteiger partial charge in [0.25, 0.3) is 0 Å². The Hall–Kier alpha value is -10.0. The molecule has 0 bridgehead atoms. The van der Waals surface area contributed by atoms with Crippen molar-refractivity contribution in [2.75, 3.05) is 0 Å². The number of rotatable bonds is 9. The molecule has 3 unspecified atom stereocenters. The van der Waals surface area contributed by atoms with Crippen LogP contribution in [0.1, 0.15) is 80.5 Å². The SMILES string of the molecule is CC(C)(C)c1ccc(-c2cc3ccccc3c3c2OP(=O)(O)Oc2c(-c4ccc(C(C)(C)Cc5cccc(-c6ccc(-c7cc8ccccc8c8c7OP(=O)(O)OC7=C8c8ccccc8CC7(C)c7ccc(-c8ccccc8)cc7)cc6)c5)cc4)cc4ccccc4c2-3)cc1. The summed E-state index contributed by atoms with van der Waals surface area (Å²) >= 11 is 0. The molecule has 95 heavy (non-hydrogen) atoms. The maximum Gasteiger partial charge on any atom is 0.584 e. The summed E-state index contributed by atoms with van der Waals surface area (Å²) in [6.07, 6.45) is 1.27. The van der Waals surface area contributed by atoms with Gasteiger partial charge in [0.15, 0.2) is 0 Å². The van der Waals surface area contributed by atoms with Crippen molar-refractivity contribution in [3.05, 3.63) is 312 Å². The Morgan fingerprint density at radius 1 is 0.389 bits per heavy atom. The lowest BCUT2D eigenvalue weighted by atomic mass is 9.67. The summed E-state index contributed by atoms with van der Waals surface area (Å²) in [5, 5.41) is 5.50. The number of phosphoric ester groups is 2. The van der Waals surface area contributed by atoms with Gasteiger partial charge in [-0.3, -0.25) is 9.79 Å². The highest BCUT2D eigenvalue weighted by Gasteiger charge is 2.48. The predicted octanol–water partition coefficient (Wildman–Crippen LogP) is 22.6. The third kappa shape index (κ3) is 10.7. The van der Waals surface area contributed by atoms with Gasteiger partial charge in [-0.25, -0.2) is 9.13 Å². The highest BCUT2D eigenvalue weighted by Crippen LogP contribution is 2.64. The van der Waals surface area contributed by atoms with E-state index in [9.17, 15) is 18.9 Å². The predicted molar refractivity (Wildman–Crippen MR) is 386 cm³/mol. The summed E-state index contributed by atoms with van der Waals surface area (Å²) < 4.78 is 54.7. The van der Waals surface area contributed by atoms with Crippen LogP contribution in [0.25, 0.3) is 105 Å². The minimum Gasteiger partial charge on any atom is -0.398 e. The molecule has 0 spiro atoms. The van der Waals surface area contributed by atoms with E-state index >= 15 is 0 Å². The molecule has 3 aliphatic rings. The van der Waals surface area contributed by atoms with Gasteiger partial charge in [0.05, 0.1) is 5.41 Å². The van der Waals surface area contributed by atoms with Crippen LogP contribution in [0.2, 0.25) is 0 Å². The van der Waals surface area contributed by atoms with Crippen LogP contribution in [0.5, 0.6) is 17.2 Å². The van der Waals surface area contributed by atoms with Crippen LogP contribution in [0.4, 0.5) is 0 Å². The molecular formula is C85H68O8P2. The Balaban J connectivity index is 0.726. The molecule has 10 heteroatoms. The fourth-order valence-electron chi connectivity index (χ4n) is 14.8. The highest BCUT2D eigenvalue weighted by atomic mass is 31.2. The largest absolute Gasteiger partial charge is 0.584 e. The van der Waals surface area contributed by atoms with E-state index in [-0.39, 0.29) is 16.6 Å². The van der Waals surface area contributed by atoms with Crippen molar-refractivity contribution in [3.63, 3.8) is 0 Å². The third-order valence-corrected chi connectivity index (χ3v) is 21.3. The van der Waals surface area contributed by atoms with Crippen LogP contribution in [0, 0.1) is 0 Å². The van der Waals surface area contributed by atoms with Gasteiger partial charge in [0.2, 0.25) is 0 Å². The molecule has 1 aliphatic carbocycles. The summed E-state index contributed by atoms with van der Waals surface area (Å²) in [6, 6.07) is 91.3. The number of fused-ring (bicyclic) bond motifs is 13. The Labute approximate surface area is 553 Å². The van der Waals surface area contributed by atoms with E-state index in [4.69, 9.17) is 18.1 Å². The molecule has 3 atom stereocenters. The second kappa shape index (κ2) is 22.6. The molecule has 0 amide bonds. The molecule has 2 N–H and O–H groups in total. The van der Waals surface area contributed by atoms with Gasteiger partial charge in [0.1, 0.15) is 23.0 Å². The molecule has 466 valence electrons. The number of allylic oxidation sites excluding steroid dienone is 1. The monoisotopic (exact) mass is 1280 g/mol. The second-order valence-electron chi connectivity index (χ2n) is 27.4. The molecule has 0 radical (unpaired) electrons. The van der Waals surface area contributed by atoms with E-state index in [0.717, 1.165) is 111 Å². The standard InChI is InChI=1S/C85H68O8P2/c1-83(2,3)65-41-37-58(38-42-65)73-48-61-22-10-14-27-68(61)75-76-69-28-15-11-23-62(69)49-74(80(76)91-94(86,87)90-79(73)75)59-39-43-66(44-40-59)84(4,5)51-53-19-18-26-60(47-53)56-31-33-57(34-32-56)72-50-63-24-12-16-29-70(63)77-78-71-30-17-13-25-64(71)52-85(6,82(78)93-95(88,89)92-81(72)77)67-45-35-55(36-46-67)54-20-8-7-9-21-54/h7-50H,51-52H2,1-6H3,(H,86,87)(H,88,89). The van der Waals surface area contributed by atoms with Crippen LogP contribution in [-0.2, 0) is 42.7 Å². The summed E-state index contributed by atoms with van der Waals surface area (Å²) in [4.78, 5) is 23.8. The lowest BCUT2D eigenvalue weighted by molar-refractivity contribution is 0.222. The molecule has 16 rings (SSSR count). The number of phosphoric acid groups is 2. The van der Waals surface area contributed by atoms with E-state index < -0.39 is 21.1 Å². The molecule has 2 aliphatic heterocycles. The average Bonchev–Trinajstić information content (AvgIpc) is 1.69. The van der Waals surface area contributed by atoms with Crippen molar-refractivity contribution in [1.29, 1.82) is 0 Å². The normalized spacial score (nSPS) is 18.2. The summed E-state index contributed by atoms with van der Waals surface area (Å²) in [5.41, 5.74) is 16.8. The Morgan fingerprint density at radius 3 is 1.35 bits per heavy atom. The first kappa shape index (κ1) is 59.9. The van der Waals surface area contributed by atoms with E-state index in [1.165, 1.54) is 5.56 Å². The lowest BCUT2D eigenvalue weighted by Gasteiger charge is -2.38. The van der Waals surface area contributed by atoms with Gasteiger partial charge in [-0.1, -0.05) is 283 Å². The highest BCUT2D eigenvalue weighted by molar-refractivity contribution is 7.48. The molecule has 0 aromatic heterocycles. The minimum atomic E-state index is -4.80. The van der Waals surface area contributed by atoms with Crippen molar-refractivity contribution < 1.29 is 37.0 Å². The van der Waals surface area contributed by atoms with E-state index in [1.807, 2.05) is 84.9 Å². The fourth-order valence-corrected chi connectivity index (χ4v) is 16.6. The molecule has 0 fully saturated rings. The Kier molecular flexibility index (Phi) is 14.2. The van der Waals surface area contributed by atoms with Crippen LogP contribution >= 0.6 is 15.6 Å². The zero-order valence-electron chi connectivity index (χ0n) is 53.6. The molecule has 0 saturated carbocycles. The topological polar surface area (TPSA) is 112 Å². The van der Waals surface area contributed by atoms with Crippen molar-refractivity contribution >= 4 is 53.5 Å². The van der Waals surface area contributed by atoms with Gasteiger partial charge >= 0.3 is 15.6 Å². The van der Waals surface area contributed by atoms with Crippen LogP contribution < -0.4 is 13.6 Å². The van der Waals surface area contributed by atoms with Crippen molar-refractivity contribution in [2.45, 2.75) is 70.6 Å². The second-order valence-corrected chi connectivity index (χ2v) is 30.0. The van der Waals surface area contributed by atoms with E-state index in [1.54, 1.807) is 0 Å². The molecular weight excluding hydrogens is 1210 g/mol. The number of hydrogen-bond donors (Lipinski definition) is 2. The Morgan fingerprint density at radius 2 is 0.800 bits per heavy atom.